The second-order valence-electron chi connectivity index (χ2n) is 5.77. The van der Waals surface area contributed by atoms with Gasteiger partial charge in [-0.05, 0) is 44.2 Å². The number of carbonyl (C=O) groups excluding carboxylic acids is 1. The SMILES string of the molecule is CCN(CC)C(=O)Nc1cc(Oc2ccc3c(ccn3C(=O)O)c2)ccn1. The summed E-state index contributed by atoms with van der Waals surface area (Å²) in [4.78, 5) is 29.1. The molecule has 2 N–H and O–H groups in total. The lowest BCUT2D eigenvalue weighted by atomic mass is 10.2. The molecule has 0 unspecified atom stereocenters. The van der Waals surface area contributed by atoms with E-state index >= 15 is 0 Å². The van der Waals surface area contributed by atoms with Crippen molar-refractivity contribution in [3.05, 3.63) is 48.8 Å². The van der Waals surface area contributed by atoms with Gasteiger partial charge in [-0.1, -0.05) is 0 Å². The molecule has 3 aromatic rings. The van der Waals surface area contributed by atoms with E-state index in [1.54, 1.807) is 47.5 Å². The Labute approximate surface area is 156 Å². The minimum Gasteiger partial charge on any atom is -0.464 e. The van der Waals surface area contributed by atoms with Crippen molar-refractivity contribution >= 4 is 28.8 Å². The monoisotopic (exact) mass is 368 g/mol. The van der Waals surface area contributed by atoms with Gasteiger partial charge < -0.3 is 14.7 Å². The largest absolute Gasteiger partial charge is 0.464 e. The standard InChI is InChI=1S/C19H20N4O4/c1-3-22(4-2)18(24)21-17-12-15(7-9-20-17)27-14-5-6-16-13(11-14)8-10-23(16)19(25)26/h5-12H,3-4H2,1-2H3,(H,25,26)(H,20,21,24). The fourth-order valence-electron chi connectivity index (χ4n) is 2.73. The Kier molecular flexibility index (Phi) is 5.25. The molecule has 0 spiro atoms. The minimum absolute atomic E-state index is 0.221. The fraction of sp³-hybridized carbons (Fsp3) is 0.211. The average Bonchev–Trinajstić information content (AvgIpc) is 3.06. The van der Waals surface area contributed by atoms with Crippen LogP contribution in [0, 0.1) is 0 Å². The zero-order valence-electron chi connectivity index (χ0n) is 15.0. The molecule has 0 aliphatic carbocycles. The van der Waals surface area contributed by atoms with Crippen molar-refractivity contribution in [1.82, 2.24) is 14.5 Å². The molecule has 2 aromatic heterocycles. The van der Waals surface area contributed by atoms with Gasteiger partial charge in [-0.3, -0.25) is 9.88 Å². The predicted molar refractivity (Wildman–Crippen MR) is 102 cm³/mol. The number of hydrogen-bond acceptors (Lipinski definition) is 4. The molecule has 0 bridgehead atoms. The maximum atomic E-state index is 12.1. The topological polar surface area (TPSA) is 96.7 Å². The maximum absolute atomic E-state index is 12.1. The van der Waals surface area contributed by atoms with E-state index in [0.717, 1.165) is 9.95 Å². The van der Waals surface area contributed by atoms with Gasteiger partial charge in [0.1, 0.15) is 17.3 Å². The van der Waals surface area contributed by atoms with Crippen molar-refractivity contribution < 1.29 is 19.4 Å². The first-order chi connectivity index (χ1) is 13.0. The predicted octanol–water partition coefficient (Wildman–Crippen LogP) is 4.23. The molecule has 8 nitrogen and oxygen atoms in total. The highest BCUT2D eigenvalue weighted by Gasteiger charge is 2.11. The van der Waals surface area contributed by atoms with E-state index in [4.69, 9.17) is 9.84 Å². The summed E-state index contributed by atoms with van der Waals surface area (Å²) in [5, 5.41) is 12.6. The number of nitrogens with zero attached hydrogens (tertiary/aromatic N) is 3. The number of nitrogens with one attached hydrogen (secondary N) is 1. The van der Waals surface area contributed by atoms with Crippen LogP contribution in [0.4, 0.5) is 15.4 Å². The molecule has 0 radical (unpaired) electrons. The van der Waals surface area contributed by atoms with Crippen LogP contribution in [0.15, 0.2) is 48.8 Å². The summed E-state index contributed by atoms with van der Waals surface area (Å²) < 4.78 is 6.98. The van der Waals surface area contributed by atoms with Crippen LogP contribution in [0.25, 0.3) is 10.9 Å². The Hall–Kier alpha value is -3.55. The van der Waals surface area contributed by atoms with Gasteiger partial charge >= 0.3 is 12.1 Å². The number of benzene rings is 1. The van der Waals surface area contributed by atoms with Crippen LogP contribution < -0.4 is 10.1 Å². The van der Waals surface area contributed by atoms with E-state index < -0.39 is 6.09 Å². The smallest absolute Gasteiger partial charge is 0.415 e. The minimum atomic E-state index is -1.04. The second kappa shape index (κ2) is 7.77. The van der Waals surface area contributed by atoms with Gasteiger partial charge in [0.15, 0.2) is 0 Å². The van der Waals surface area contributed by atoms with Crippen molar-refractivity contribution in [2.45, 2.75) is 13.8 Å². The first kappa shape index (κ1) is 18.2. The number of urea groups is 1. The molecule has 8 heteroatoms. The molecule has 0 fully saturated rings. The number of amides is 2. The van der Waals surface area contributed by atoms with Gasteiger partial charge in [0.05, 0.1) is 5.52 Å². The number of carbonyl (C=O) groups is 2. The van der Waals surface area contributed by atoms with Gasteiger partial charge in [0.2, 0.25) is 0 Å². The summed E-state index contributed by atoms with van der Waals surface area (Å²) in [6, 6.07) is 9.93. The van der Waals surface area contributed by atoms with Crippen LogP contribution in [-0.4, -0.2) is 44.8 Å². The Morgan fingerprint density at radius 3 is 2.59 bits per heavy atom. The van der Waals surface area contributed by atoms with Crippen molar-refractivity contribution in [1.29, 1.82) is 0 Å². The molecule has 0 aliphatic rings. The summed E-state index contributed by atoms with van der Waals surface area (Å²) in [6.07, 6.45) is 2.00. The molecule has 0 atom stereocenters. The highest BCUT2D eigenvalue weighted by atomic mass is 16.5. The molecule has 0 saturated heterocycles. The molecule has 3 rings (SSSR count). The van der Waals surface area contributed by atoms with Crippen LogP contribution in [0.1, 0.15) is 13.8 Å². The molecular formula is C19H20N4O4. The van der Waals surface area contributed by atoms with Crippen LogP contribution in [-0.2, 0) is 0 Å². The Bertz CT molecular complexity index is 979. The van der Waals surface area contributed by atoms with E-state index in [-0.39, 0.29) is 6.03 Å². The van der Waals surface area contributed by atoms with E-state index in [1.165, 1.54) is 6.20 Å². The number of carboxylic acid groups (broad SMARTS) is 1. The van der Waals surface area contributed by atoms with E-state index in [2.05, 4.69) is 10.3 Å². The number of aromatic nitrogens is 2. The van der Waals surface area contributed by atoms with Crippen molar-refractivity contribution in [3.63, 3.8) is 0 Å². The van der Waals surface area contributed by atoms with E-state index in [9.17, 15) is 9.59 Å². The fourth-order valence-corrected chi connectivity index (χ4v) is 2.73. The number of rotatable bonds is 5. The summed E-state index contributed by atoms with van der Waals surface area (Å²) in [6.45, 7) is 5.02. The summed E-state index contributed by atoms with van der Waals surface area (Å²) in [5.41, 5.74) is 0.580. The third kappa shape index (κ3) is 4.00. The number of anilines is 1. The van der Waals surface area contributed by atoms with Crippen LogP contribution in [0.5, 0.6) is 11.5 Å². The number of ether oxygens (including phenoxy) is 1. The Morgan fingerprint density at radius 2 is 1.89 bits per heavy atom. The van der Waals surface area contributed by atoms with E-state index in [0.29, 0.717) is 35.9 Å². The van der Waals surface area contributed by atoms with Crippen LogP contribution >= 0.6 is 0 Å². The molecule has 0 saturated carbocycles. The lowest BCUT2D eigenvalue weighted by Gasteiger charge is -2.18. The van der Waals surface area contributed by atoms with Gasteiger partial charge in [-0.25, -0.2) is 14.6 Å². The Balaban J connectivity index is 1.77. The van der Waals surface area contributed by atoms with E-state index in [1.807, 2.05) is 13.8 Å². The number of pyridine rings is 1. The van der Waals surface area contributed by atoms with Crippen LogP contribution in [0.2, 0.25) is 0 Å². The third-order valence-corrected chi connectivity index (χ3v) is 4.12. The molecule has 1 aromatic carbocycles. The number of fused-ring (bicyclic) bond motifs is 1. The third-order valence-electron chi connectivity index (χ3n) is 4.12. The van der Waals surface area contributed by atoms with Crippen LogP contribution in [0.3, 0.4) is 0 Å². The average molecular weight is 368 g/mol. The second-order valence-corrected chi connectivity index (χ2v) is 5.77. The van der Waals surface area contributed by atoms with Gasteiger partial charge in [-0.2, -0.15) is 0 Å². The summed E-state index contributed by atoms with van der Waals surface area (Å²) in [5.74, 6) is 1.46. The van der Waals surface area contributed by atoms with Crippen molar-refractivity contribution in [2.75, 3.05) is 18.4 Å². The Morgan fingerprint density at radius 1 is 1.15 bits per heavy atom. The molecule has 0 aliphatic heterocycles. The van der Waals surface area contributed by atoms with Gasteiger partial charge in [0, 0.05) is 36.9 Å². The summed E-state index contributed by atoms with van der Waals surface area (Å²) >= 11 is 0. The van der Waals surface area contributed by atoms with Crippen molar-refractivity contribution in [3.8, 4) is 11.5 Å². The lowest BCUT2D eigenvalue weighted by Crippen LogP contribution is -2.34. The molecule has 140 valence electrons. The molecule has 2 heterocycles. The van der Waals surface area contributed by atoms with Gasteiger partial charge in [-0.15, -0.1) is 0 Å². The zero-order valence-corrected chi connectivity index (χ0v) is 15.0. The zero-order chi connectivity index (χ0) is 19.4. The molecule has 2 amide bonds. The molecule has 27 heavy (non-hydrogen) atoms. The molecular weight excluding hydrogens is 348 g/mol. The van der Waals surface area contributed by atoms with Gasteiger partial charge in [0.25, 0.3) is 0 Å². The van der Waals surface area contributed by atoms with Crippen molar-refractivity contribution in [2.24, 2.45) is 0 Å². The number of hydrogen-bond donors (Lipinski definition) is 2. The maximum Gasteiger partial charge on any atom is 0.415 e. The summed E-state index contributed by atoms with van der Waals surface area (Å²) in [7, 11) is 0. The highest BCUT2D eigenvalue weighted by molar-refractivity contribution is 5.90. The normalized spacial score (nSPS) is 10.6. The lowest BCUT2D eigenvalue weighted by molar-refractivity contribution is 0.197. The highest BCUT2D eigenvalue weighted by Crippen LogP contribution is 2.27. The first-order valence-electron chi connectivity index (χ1n) is 8.56. The first-order valence-corrected chi connectivity index (χ1v) is 8.56. The quantitative estimate of drug-likeness (QED) is 0.702.